The average Bonchev–Trinajstić information content (AvgIpc) is 2.69. The Hall–Kier alpha value is -2.66. The van der Waals surface area contributed by atoms with Crippen molar-refractivity contribution in [3.8, 4) is 0 Å². The van der Waals surface area contributed by atoms with Gasteiger partial charge in [-0.1, -0.05) is 48.5 Å². The molecule has 0 aliphatic carbocycles. The minimum atomic E-state index is -0.296. The second-order valence-corrected chi connectivity index (χ2v) is 6.93. The van der Waals surface area contributed by atoms with Gasteiger partial charge in [0.2, 0.25) is 0 Å². The molecule has 0 radical (unpaired) electrons. The van der Waals surface area contributed by atoms with Gasteiger partial charge in [-0.3, -0.25) is 20.4 Å². The van der Waals surface area contributed by atoms with Crippen molar-refractivity contribution in [2.75, 3.05) is 19.6 Å². The Morgan fingerprint density at radius 2 is 1.50 bits per heavy atom. The van der Waals surface area contributed by atoms with E-state index < -0.39 is 0 Å². The zero-order valence-corrected chi connectivity index (χ0v) is 14.9. The van der Waals surface area contributed by atoms with E-state index in [0.29, 0.717) is 18.0 Å². The molecule has 3 N–H and O–H groups in total. The average molecular weight is 352 g/mol. The Morgan fingerprint density at radius 1 is 0.885 bits per heavy atom. The summed E-state index contributed by atoms with van der Waals surface area (Å²) in [7, 11) is 0. The Labute approximate surface area is 154 Å². The molecule has 0 spiro atoms. The summed E-state index contributed by atoms with van der Waals surface area (Å²) < 4.78 is 0. The molecular formula is C21H26N3O2+. The van der Waals surface area contributed by atoms with E-state index in [9.17, 15) is 9.59 Å². The highest BCUT2D eigenvalue weighted by Crippen LogP contribution is 2.16. The molecule has 1 fully saturated rings. The lowest BCUT2D eigenvalue weighted by molar-refractivity contribution is -0.898. The number of piperidine rings is 1. The highest BCUT2D eigenvalue weighted by molar-refractivity contribution is 5.95. The maximum Gasteiger partial charge on any atom is 0.293 e. The normalized spacial score (nSPS) is 19.5. The number of carbonyl (C=O) groups excluding carboxylic acids is 2. The van der Waals surface area contributed by atoms with Gasteiger partial charge in [0.15, 0.2) is 6.54 Å². The van der Waals surface area contributed by atoms with E-state index in [1.807, 2.05) is 12.1 Å². The molecule has 3 rings (SSSR count). The quantitative estimate of drug-likeness (QED) is 0.703. The van der Waals surface area contributed by atoms with Crippen LogP contribution in [0, 0.1) is 5.92 Å². The Kier molecular flexibility index (Phi) is 6.39. The number of carbonyl (C=O) groups is 2. The van der Waals surface area contributed by atoms with Gasteiger partial charge in [0.1, 0.15) is 0 Å². The Balaban J connectivity index is 1.36. The molecule has 2 aromatic rings. The highest BCUT2D eigenvalue weighted by Gasteiger charge is 2.24. The number of amides is 2. The number of hydrazine groups is 1. The zero-order chi connectivity index (χ0) is 18.2. The van der Waals surface area contributed by atoms with Crippen molar-refractivity contribution in [2.24, 2.45) is 5.92 Å². The van der Waals surface area contributed by atoms with E-state index in [4.69, 9.17) is 0 Å². The third-order valence-electron chi connectivity index (χ3n) is 4.94. The smallest absolute Gasteiger partial charge is 0.293 e. The van der Waals surface area contributed by atoms with Crippen molar-refractivity contribution in [2.45, 2.75) is 19.3 Å². The maximum absolute atomic E-state index is 12.1. The van der Waals surface area contributed by atoms with E-state index in [1.54, 1.807) is 24.3 Å². The third kappa shape index (κ3) is 5.43. The van der Waals surface area contributed by atoms with Gasteiger partial charge in [0.25, 0.3) is 11.8 Å². The lowest BCUT2D eigenvalue weighted by Gasteiger charge is -2.28. The molecule has 5 heteroatoms. The van der Waals surface area contributed by atoms with E-state index in [2.05, 4.69) is 35.1 Å². The van der Waals surface area contributed by atoms with Gasteiger partial charge in [-0.05, 0) is 42.9 Å². The molecule has 0 bridgehead atoms. The van der Waals surface area contributed by atoms with Gasteiger partial charge in [0.05, 0.1) is 13.1 Å². The predicted molar refractivity (Wildman–Crippen MR) is 100 cm³/mol. The van der Waals surface area contributed by atoms with Crippen LogP contribution in [0.5, 0.6) is 0 Å². The maximum atomic E-state index is 12.1. The lowest BCUT2D eigenvalue weighted by atomic mass is 9.90. The molecule has 1 aliphatic rings. The molecule has 0 saturated carbocycles. The molecule has 1 saturated heterocycles. The summed E-state index contributed by atoms with van der Waals surface area (Å²) in [5.74, 6) is 0.253. The van der Waals surface area contributed by atoms with Crippen molar-refractivity contribution in [3.05, 3.63) is 71.8 Å². The lowest BCUT2D eigenvalue weighted by Crippen LogP contribution is -3.14. The van der Waals surface area contributed by atoms with E-state index in [1.165, 1.54) is 10.5 Å². The second-order valence-electron chi connectivity index (χ2n) is 6.93. The second kappa shape index (κ2) is 9.15. The summed E-state index contributed by atoms with van der Waals surface area (Å²) in [6.07, 6.45) is 3.38. The standard InChI is InChI=1S/C21H25N3O2/c25-20(22-23-21(26)19-9-5-2-6-10-19)16-24-13-11-18(12-14-24)15-17-7-3-1-4-8-17/h1-10,18H,11-16H2,(H,22,25)(H,23,26)/p+1. The number of rotatable bonds is 5. The molecule has 0 unspecified atom stereocenters. The van der Waals surface area contributed by atoms with Crippen LogP contribution in [0.25, 0.3) is 0 Å². The first-order valence-corrected chi connectivity index (χ1v) is 9.22. The van der Waals surface area contributed by atoms with Crippen LogP contribution in [0.3, 0.4) is 0 Å². The van der Waals surface area contributed by atoms with Crippen molar-refractivity contribution in [3.63, 3.8) is 0 Å². The number of nitrogens with one attached hydrogen (secondary N) is 3. The number of quaternary nitrogens is 1. The number of hydrogen-bond acceptors (Lipinski definition) is 2. The van der Waals surface area contributed by atoms with Crippen LogP contribution in [-0.4, -0.2) is 31.4 Å². The van der Waals surface area contributed by atoms with Crippen LogP contribution < -0.4 is 15.8 Å². The fraction of sp³-hybridized carbons (Fsp3) is 0.333. The summed E-state index contributed by atoms with van der Waals surface area (Å²) in [5, 5.41) is 0. The molecule has 2 aromatic carbocycles. The molecule has 2 amide bonds. The van der Waals surface area contributed by atoms with Gasteiger partial charge in [-0.25, -0.2) is 0 Å². The topological polar surface area (TPSA) is 62.6 Å². The number of likely N-dealkylation sites (tertiary alicyclic amines) is 1. The molecule has 5 nitrogen and oxygen atoms in total. The first-order chi connectivity index (χ1) is 12.7. The number of hydrogen-bond donors (Lipinski definition) is 3. The van der Waals surface area contributed by atoms with Gasteiger partial charge in [-0.15, -0.1) is 0 Å². The molecule has 0 aromatic heterocycles. The fourth-order valence-electron chi connectivity index (χ4n) is 3.47. The van der Waals surface area contributed by atoms with Gasteiger partial charge >= 0.3 is 0 Å². The summed E-state index contributed by atoms with van der Waals surface area (Å²) >= 11 is 0. The third-order valence-corrected chi connectivity index (χ3v) is 4.94. The minimum Gasteiger partial charge on any atom is -0.327 e. The summed E-state index contributed by atoms with van der Waals surface area (Å²) in [6, 6.07) is 19.4. The summed E-state index contributed by atoms with van der Waals surface area (Å²) in [4.78, 5) is 25.3. The molecular weight excluding hydrogens is 326 g/mol. The number of benzene rings is 2. The van der Waals surface area contributed by atoms with Crippen molar-refractivity contribution in [1.29, 1.82) is 0 Å². The highest BCUT2D eigenvalue weighted by atomic mass is 16.2. The van der Waals surface area contributed by atoms with Gasteiger partial charge < -0.3 is 4.90 Å². The molecule has 0 atom stereocenters. The van der Waals surface area contributed by atoms with E-state index in [-0.39, 0.29) is 11.8 Å². The van der Waals surface area contributed by atoms with Crippen LogP contribution in [0.1, 0.15) is 28.8 Å². The minimum absolute atomic E-state index is 0.147. The van der Waals surface area contributed by atoms with Crippen LogP contribution in [0.2, 0.25) is 0 Å². The van der Waals surface area contributed by atoms with Crippen molar-refractivity contribution >= 4 is 11.8 Å². The zero-order valence-electron chi connectivity index (χ0n) is 14.9. The Bertz CT molecular complexity index is 711. The fourth-order valence-corrected chi connectivity index (χ4v) is 3.47. The van der Waals surface area contributed by atoms with Crippen molar-refractivity contribution in [1.82, 2.24) is 10.9 Å². The largest absolute Gasteiger partial charge is 0.327 e. The molecule has 26 heavy (non-hydrogen) atoms. The predicted octanol–water partition coefficient (Wildman–Crippen LogP) is 0.985. The molecule has 136 valence electrons. The van der Waals surface area contributed by atoms with Crippen LogP contribution in [-0.2, 0) is 11.2 Å². The Morgan fingerprint density at radius 3 is 2.15 bits per heavy atom. The molecule has 1 heterocycles. The first-order valence-electron chi connectivity index (χ1n) is 9.22. The first kappa shape index (κ1) is 18.1. The van der Waals surface area contributed by atoms with E-state index >= 15 is 0 Å². The van der Waals surface area contributed by atoms with Crippen LogP contribution in [0.15, 0.2) is 60.7 Å². The van der Waals surface area contributed by atoms with Crippen molar-refractivity contribution < 1.29 is 14.5 Å². The van der Waals surface area contributed by atoms with E-state index in [0.717, 1.165) is 32.4 Å². The summed E-state index contributed by atoms with van der Waals surface area (Å²) in [5.41, 5.74) is 6.92. The molecule has 1 aliphatic heterocycles. The monoisotopic (exact) mass is 352 g/mol. The van der Waals surface area contributed by atoms with Gasteiger partial charge in [-0.2, -0.15) is 0 Å². The van der Waals surface area contributed by atoms with Crippen LogP contribution >= 0.6 is 0 Å². The van der Waals surface area contributed by atoms with Crippen LogP contribution in [0.4, 0.5) is 0 Å². The SMILES string of the molecule is O=C(C[NH+]1CCC(Cc2ccccc2)CC1)NNC(=O)c1ccccc1. The summed E-state index contributed by atoms with van der Waals surface area (Å²) in [6.45, 7) is 2.39. The van der Waals surface area contributed by atoms with Gasteiger partial charge in [0, 0.05) is 5.56 Å².